The number of sulfonamides is 1. The van der Waals surface area contributed by atoms with Gasteiger partial charge < -0.3 is 5.11 Å². The van der Waals surface area contributed by atoms with Gasteiger partial charge in [-0.1, -0.05) is 0 Å². The van der Waals surface area contributed by atoms with Crippen LogP contribution in [0.25, 0.3) is 0 Å². The lowest BCUT2D eigenvalue weighted by atomic mass is 10.3. The van der Waals surface area contributed by atoms with Crippen LogP contribution in [0.2, 0.25) is 0 Å². The lowest BCUT2D eigenvalue weighted by Gasteiger charge is -2.23. The number of hydrogen-bond donors (Lipinski definition) is 1. The van der Waals surface area contributed by atoms with Crippen molar-refractivity contribution in [3.63, 3.8) is 0 Å². The van der Waals surface area contributed by atoms with Crippen LogP contribution in [0.1, 0.15) is 20.3 Å². The fraction of sp³-hybridized carbons (Fsp3) is 0.750. The van der Waals surface area contributed by atoms with Crippen LogP contribution in [-0.2, 0) is 14.8 Å². The van der Waals surface area contributed by atoms with E-state index in [2.05, 4.69) is 0 Å². The van der Waals surface area contributed by atoms with Crippen molar-refractivity contribution < 1.29 is 18.3 Å². The van der Waals surface area contributed by atoms with E-state index in [1.165, 1.54) is 0 Å². The third kappa shape index (κ3) is 4.76. The molecule has 0 saturated carbocycles. The van der Waals surface area contributed by atoms with Gasteiger partial charge in [0.2, 0.25) is 10.0 Å². The zero-order valence-corrected chi connectivity index (χ0v) is 9.49. The summed E-state index contributed by atoms with van der Waals surface area (Å²) < 4.78 is 24.1. The zero-order valence-electron chi connectivity index (χ0n) is 8.67. The smallest absolute Gasteiger partial charge is 0.320 e. The normalized spacial score (nSPS) is 11.7. The number of nitriles is 1. The third-order valence-electron chi connectivity index (χ3n) is 1.68. The molecule has 0 atom stereocenters. The molecular weight excluding hydrogens is 220 g/mol. The summed E-state index contributed by atoms with van der Waals surface area (Å²) in [5, 5.41) is 16.8. The quantitative estimate of drug-likeness (QED) is 0.698. The maximum atomic E-state index is 11.5. The summed E-state index contributed by atoms with van der Waals surface area (Å²) in [5.74, 6) is -2.33. The molecule has 0 aliphatic rings. The van der Waals surface area contributed by atoms with Crippen LogP contribution in [0.3, 0.4) is 0 Å². The minimum Gasteiger partial charge on any atom is -0.480 e. The highest BCUT2D eigenvalue weighted by atomic mass is 32.2. The van der Waals surface area contributed by atoms with Gasteiger partial charge in [0.05, 0.1) is 6.07 Å². The molecule has 0 aromatic carbocycles. The Kier molecular flexibility index (Phi) is 5.25. The van der Waals surface area contributed by atoms with Crippen molar-refractivity contribution in [2.75, 3.05) is 12.3 Å². The Morgan fingerprint density at radius 3 is 2.40 bits per heavy atom. The Morgan fingerprint density at radius 2 is 2.07 bits per heavy atom. The fourth-order valence-corrected chi connectivity index (χ4v) is 2.61. The Labute approximate surface area is 89.2 Å². The van der Waals surface area contributed by atoms with Gasteiger partial charge in [-0.05, 0) is 13.8 Å². The lowest BCUT2D eigenvalue weighted by Crippen LogP contribution is -2.40. The summed E-state index contributed by atoms with van der Waals surface area (Å²) >= 11 is 0. The molecule has 0 fully saturated rings. The summed E-state index contributed by atoms with van der Waals surface area (Å²) in [6.07, 6.45) is 0.0526. The first-order chi connectivity index (χ1) is 6.81. The molecule has 0 aromatic heterocycles. The maximum Gasteiger partial charge on any atom is 0.320 e. The van der Waals surface area contributed by atoms with E-state index in [4.69, 9.17) is 10.4 Å². The molecule has 0 saturated heterocycles. The molecule has 1 N–H and O–H groups in total. The molecule has 0 amide bonds. The first-order valence-electron chi connectivity index (χ1n) is 4.39. The van der Waals surface area contributed by atoms with Gasteiger partial charge in [0.1, 0.15) is 0 Å². The second-order valence-electron chi connectivity index (χ2n) is 3.26. The Balaban J connectivity index is 4.76. The molecule has 0 heterocycles. The summed E-state index contributed by atoms with van der Waals surface area (Å²) in [4.78, 5) is 10.3. The highest BCUT2D eigenvalue weighted by Crippen LogP contribution is 2.08. The lowest BCUT2D eigenvalue weighted by molar-refractivity contribution is -0.134. The Hall–Kier alpha value is -1.13. The van der Waals surface area contributed by atoms with Crippen LogP contribution >= 0.6 is 0 Å². The third-order valence-corrected chi connectivity index (χ3v) is 3.61. The van der Waals surface area contributed by atoms with Crippen LogP contribution in [0, 0.1) is 11.3 Å². The molecule has 0 unspecified atom stereocenters. The largest absolute Gasteiger partial charge is 0.480 e. The van der Waals surface area contributed by atoms with E-state index < -0.39 is 21.7 Å². The first-order valence-corrected chi connectivity index (χ1v) is 6.00. The maximum absolute atomic E-state index is 11.5. The fourth-order valence-electron chi connectivity index (χ4n) is 1.12. The van der Waals surface area contributed by atoms with Gasteiger partial charge in [-0.15, -0.1) is 0 Å². The zero-order chi connectivity index (χ0) is 12.1. The molecular formula is C8H14N2O4S. The van der Waals surface area contributed by atoms with Crippen LogP contribution < -0.4 is 0 Å². The highest BCUT2D eigenvalue weighted by molar-refractivity contribution is 7.89. The molecule has 0 aliphatic carbocycles. The van der Waals surface area contributed by atoms with Crippen LogP contribution in [-0.4, -0.2) is 42.1 Å². The van der Waals surface area contributed by atoms with Crippen molar-refractivity contribution in [1.82, 2.24) is 4.31 Å². The molecule has 0 aliphatic heterocycles. The number of aliphatic carboxylic acids is 1. The Bertz CT molecular complexity index is 355. The summed E-state index contributed by atoms with van der Waals surface area (Å²) in [6.45, 7) is 3.30. The van der Waals surface area contributed by atoms with Crippen molar-refractivity contribution in [3.8, 4) is 6.07 Å². The monoisotopic (exact) mass is 234 g/mol. The molecule has 0 bridgehead atoms. The molecule has 0 spiro atoms. The van der Waals surface area contributed by atoms with Gasteiger partial charge in [0, 0.05) is 19.0 Å². The molecule has 6 nitrogen and oxygen atoms in total. The van der Waals surface area contributed by atoms with Gasteiger partial charge in [0.15, 0.2) is 5.75 Å². The van der Waals surface area contributed by atoms with Crippen LogP contribution in [0.15, 0.2) is 0 Å². The summed E-state index contributed by atoms with van der Waals surface area (Å²) in [7, 11) is -3.81. The number of carboxylic acid groups (broad SMARTS) is 1. The van der Waals surface area contributed by atoms with Gasteiger partial charge in [-0.2, -0.15) is 9.57 Å². The summed E-state index contributed by atoms with van der Waals surface area (Å²) in [5.41, 5.74) is 0. The average molecular weight is 234 g/mol. The average Bonchev–Trinajstić information content (AvgIpc) is 2.00. The summed E-state index contributed by atoms with van der Waals surface area (Å²) in [6, 6.07) is 1.48. The number of nitrogens with zero attached hydrogens (tertiary/aromatic N) is 2. The number of rotatable bonds is 6. The highest BCUT2D eigenvalue weighted by Gasteiger charge is 2.26. The van der Waals surface area contributed by atoms with Crippen LogP contribution in [0.4, 0.5) is 0 Å². The van der Waals surface area contributed by atoms with Gasteiger partial charge in [-0.3, -0.25) is 4.79 Å². The molecule has 0 radical (unpaired) electrons. The van der Waals surface area contributed by atoms with Gasteiger partial charge in [-0.25, -0.2) is 8.42 Å². The standard InChI is InChI=1S/C8H14N2O4S/c1-7(2)10(5-3-4-9)15(13,14)6-8(11)12/h7H,3,5-6H2,1-2H3,(H,11,12). The minimum atomic E-state index is -3.81. The van der Waals surface area contributed by atoms with Crippen molar-refractivity contribution in [3.05, 3.63) is 0 Å². The van der Waals surface area contributed by atoms with E-state index in [1.54, 1.807) is 13.8 Å². The Morgan fingerprint density at radius 1 is 1.53 bits per heavy atom. The predicted octanol–water partition coefficient (Wildman–Crippen LogP) is 0.0249. The molecule has 0 aromatic rings. The molecule has 7 heteroatoms. The van der Waals surface area contributed by atoms with E-state index in [0.717, 1.165) is 4.31 Å². The minimum absolute atomic E-state index is 0.0315. The van der Waals surface area contributed by atoms with Crippen molar-refractivity contribution in [1.29, 1.82) is 5.26 Å². The number of carbonyl (C=O) groups is 1. The van der Waals surface area contributed by atoms with Crippen LogP contribution in [0.5, 0.6) is 0 Å². The molecule has 0 rings (SSSR count). The number of hydrogen-bond acceptors (Lipinski definition) is 4. The molecule has 86 valence electrons. The predicted molar refractivity (Wildman–Crippen MR) is 53.5 cm³/mol. The van der Waals surface area contributed by atoms with Gasteiger partial charge in [0.25, 0.3) is 0 Å². The van der Waals surface area contributed by atoms with E-state index in [9.17, 15) is 13.2 Å². The second kappa shape index (κ2) is 5.68. The van der Waals surface area contributed by atoms with E-state index >= 15 is 0 Å². The number of carboxylic acids is 1. The van der Waals surface area contributed by atoms with Crippen molar-refractivity contribution >= 4 is 16.0 Å². The molecule has 15 heavy (non-hydrogen) atoms. The topological polar surface area (TPSA) is 98.5 Å². The second-order valence-corrected chi connectivity index (χ2v) is 5.18. The van der Waals surface area contributed by atoms with Crippen molar-refractivity contribution in [2.45, 2.75) is 26.3 Å². The SMILES string of the molecule is CC(C)N(CCC#N)S(=O)(=O)CC(=O)O. The van der Waals surface area contributed by atoms with Gasteiger partial charge >= 0.3 is 5.97 Å². The van der Waals surface area contributed by atoms with E-state index in [-0.39, 0.29) is 19.0 Å². The first kappa shape index (κ1) is 13.9. The van der Waals surface area contributed by atoms with E-state index in [0.29, 0.717) is 0 Å². The van der Waals surface area contributed by atoms with Crippen molar-refractivity contribution in [2.24, 2.45) is 0 Å². The van der Waals surface area contributed by atoms with E-state index in [1.807, 2.05) is 6.07 Å².